The van der Waals surface area contributed by atoms with Gasteiger partial charge in [-0.1, -0.05) is 52.1 Å². The third-order valence-electron chi connectivity index (χ3n) is 7.47. The molecular weight excluding hydrogens is 559 g/mol. The molecule has 3 amide bonds. The van der Waals surface area contributed by atoms with Crippen molar-refractivity contribution >= 4 is 56.4 Å². The molecule has 3 aliphatic rings. The van der Waals surface area contributed by atoms with E-state index in [-0.39, 0.29) is 46.7 Å². The Labute approximate surface area is 241 Å². The Bertz CT molecular complexity index is 1060. The van der Waals surface area contributed by atoms with Crippen molar-refractivity contribution in [3.8, 4) is 0 Å². The molecule has 0 bridgehead atoms. The summed E-state index contributed by atoms with van der Waals surface area (Å²) in [6, 6.07) is -0.723. The summed E-state index contributed by atoms with van der Waals surface area (Å²) in [5.41, 5.74) is -1.09. The maximum atomic E-state index is 13.6. The van der Waals surface area contributed by atoms with Gasteiger partial charge in [0.1, 0.15) is 18.0 Å². The summed E-state index contributed by atoms with van der Waals surface area (Å²) in [6.07, 6.45) is 1.81. The smallest absolute Gasteiger partial charge is 0.410 e. The highest BCUT2D eigenvalue weighted by atomic mass is 32.2. The zero-order chi connectivity index (χ0) is 29.4. The van der Waals surface area contributed by atoms with E-state index in [9.17, 15) is 24.3 Å². The number of likely N-dealkylation sites (N-methyl/N-ethyl adjacent to an activating group) is 1. The molecule has 0 aliphatic carbocycles. The molecule has 0 saturated carbocycles. The lowest BCUT2D eigenvalue weighted by Gasteiger charge is -2.57. The average Bonchev–Trinajstić information content (AvgIpc) is 3.40. The molecule has 0 aromatic carbocycles. The Hall–Kier alpha value is -1.96. The third-order valence-corrected chi connectivity index (χ3v) is 11.2. The molecule has 0 unspecified atom stereocenters. The highest BCUT2D eigenvalue weighted by Crippen LogP contribution is 2.60. The zero-order valence-electron chi connectivity index (χ0n) is 24.1. The van der Waals surface area contributed by atoms with Crippen molar-refractivity contribution in [2.45, 2.75) is 75.9 Å². The van der Waals surface area contributed by atoms with E-state index < -0.39 is 38.7 Å². The topological polar surface area (TPSA) is 117 Å². The van der Waals surface area contributed by atoms with Crippen molar-refractivity contribution in [3.63, 3.8) is 0 Å². The largest absolute Gasteiger partial charge is 0.477 e. The molecule has 2 fully saturated rings. The molecule has 3 rings (SSSR count). The first-order valence-corrected chi connectivity index (χ1v) is 17.7. The number of likely N-dealkylation sites (tertiary alicyclic amines) is 1. The first-order valence-electron chi connectivity index (χ1n) is 13.2. The number of thioether (sulfide) groups is 2. The number of fused-ring (bicyclic) bond motifs is 1. The summed E-state index contributed by atoms with van der Waals surface area (Å²) in [4.78, 5) is 55.9. The van der Waals surface area contributed by atoms with Crippen LogP contribution in [0.4, 0.5) is 4.79 Å². The van der Waals surface area contributed by atoms with E-state index in [0.29, 0.717) is 17.1 Å². The molecule has 0 aromatic heterocycles. The summed E-state index contributed by atoms with van der Waals surface area (Å²) in [5.74, 6) is -2.11. The van der Waals surface area contributed by atoms with Gasteiger partial charge in [0.25, 0.3) is 0 Å². The number of amides is 3. The number of carbonyl (C=O) groups excluding carboxylic acids is 3. The number of carboxylic acid groups (broad SMARTS) is 1. The summed E-state index contributed by atoms with van der Waals surface area (Å²) in [6.45, 7) is 16.2. The molecule has 39 heavy (non-hydrogen) atoms. The van der Waals surface area contributed by atoms with Crippen LogP contribution in [-0.2, 0) is 23.5 Å². The average molecular weight is 600 g/mol. The minimum Gasteiger partial charge on any atom is -0.477 e. The Morgan fingerprint density at radius 3 is 2.41 bits per heavy atom. The summed E-state index contributed by atoms with van der Waals surface area (Å²) < 4.78 is 12.4. The van der Waals surface area contributed by atoms with Gasteiger partial charge in [0.05, 0.1) is 15.8 Å². The van der Waals surface area contributed by atoms with E-state index in [1.807, 2.05) is 6.92 Å². The van der Waals surface area contributed by atoms with Crippen LogP contribution in [0.25, 0.3) is 0 Å². The van der Waals surface area contributed by atoms with Gasteiger partial charge in [-0.3, -0.25) is 19.4 Å². The maximum absolute atomic E-state index is 13.6. The van der Waals surface area contributed by atoms with Gasteiger partial charge in [0.15, 0.2) is 14.7 Å². The third kappa shape index (κ3) is 5.77. The van der Waals surface area contributed by atoms with Crippen LogP contribution in [0.2, 0.25) is 13.1 Å². The molecule has 218 valence electrons. The Balaban J connectivity index is 1.89. The maximum Gasteiger partial charge on any atom is 0.410 e. The second kappa shape index (κ2) is 11.9. The molecule has 5 atom stereocenters. The lowest BCUT2D eigenvalue weighted by molar-refractivity contribution is -0.177. The van der Waals surface area contributed by atoms with E-state index >= 15 is 0 Å². The lowest BCUT2D eigenvalue weighted by atomic mass is 9.64. The van der Waals surface area contributed by atoms with Crippen LogP contribution in [0.5, 0.6) is 0 Å². The number of hydrogen-bond acceptors (Lipinski definition) is 8. The second-order valence-electron chi connectivity index (χ2n) is 11.5. The second-order valence-corrected chi connectivity index (χ2v) is 16.6. The molecule has 10 nitrogen and oxygen atoms in total. The fourth-order valence-electron chi connectivity index (χ4n) is 5.74. The van der Waals surface area contributed by atoms with Crippen molar-refractivity contribution in [2.75, 3.05) is 27.2 Å². The molecule has 0 spiro atoms. The highest BCUT2D eigenvalue weighted by Gasteiger charge is 2.66. The van der Waals surface area contributed by atoms with Gasteiger partial charge in [-0.25, -0.2) is 9.59 Å². The van der Waals surface area contributed by atoms with E-state index in [2.05, 4.69) is 40.4 Å². The van der Waals surface area contributed by atoms with Crippen LogP contribution in [0, 0.1) is 11.3 Å². The van der Waals surface area contributed by atoms with Crippen LogP contribution in [-0.4, -0.2) is 102 Å². The van der Waals surface area contributed by atoms with Gasteiger partial charge < -0.3 is 19.2 Å². The molecule has 2 saturated heterocycles. The number of carbonyl (C=O) groups is 4. The van der Waals surface area contributed by atoms with Crippen LogP contribution in [0.3, 0.4) is 0 Å². The van der Waals surface area contributed by atoms with Crippen LogP contribution in [0.15, 0.2) is 22.6 Å². The van der Waals surface area contributed by atoms with E-state index in [1.54, 1.807) is 14.1 Å². The van der Waals surface area contributed by atoms with Crippen molar-refractivity contribution in [2.24, 2.45) is 11.3 Å². The van der Waals surface area contributed by atoms with Crippen LogP contribution in [0.1, 0.15) is 40.5 Å². The predicted octanol–water partition coefficient (Wildman–Crippen LogP) is 3.55. The molecule has 3 heterocycles. The number of carboxylic acids is 1. The summed E-state index contributed by atoms with van der Waals surface area (Å²) in [7, 11) is 1.71. The van der Waals surface area contributed by atoms with Gasteiger partial charge in [0.2, 0.25) is 11.8 Å². The molecule has 0 aromatic rings. The van der Waals surface area contributed by atoms with Crippen LogP contribution < -0.4 is 0 Å². The molecule has 1 N–H and O–H groups in total. The first-order chi connectivity index (χ1) is 18.1. The van der Waals surface area contributed by atoms with Gasteiger partial charge in [-0.15, -0.1) is 11.8 Å². The van der Waals surface area contributed by atoms with E-state index in [1.165, 1.54) is 44.3 Å². The fourth-order valence-corrected chi connectivity index (χ4v) is 10.6. The zero-order valence-corrected chi connectivity index (χ0v) is 26.8. The van der Waals surface area contributed by atoms with Gasteiger partial charge >= 0.3 is 12.1 Å². The summed E-state index contributed by atoms with van der Waals surface area (Å²) >= 11 is 2.70. The van der Waals surface area contributed by atoms with Gasteiger partial charge in [-0.2, -0.15) is 0 Å². The number of nitrogens with zero attached hydrogens (tertiary/aromatic N) is 3. The molecule has 0 radical (unpaired) electrons. The number of aliphatic carboxylic acids is 1. The van der Waals surface area contributed by atoms with Gasteiger partial charge in [0, 0.05) is 25.9 Å². The van der Waals surface area contributed by atoms with Crippen LogP contribution >= 0.6 is 23.5 Å². The monoisotopic (exact) mass is 599 g/mol. The molecular formula is C26H41N3O7S2Si. The van der Waals surface area contributed by atoms with Gasteiger partial charge in [-0.05, 0) is 31.4 Å². The van der Waals surface area contributed by atoms with Crippen molar-refractivity contribution in [1.82, 2.24) is 14.7 Å². The molecule has 3 aliphatic heterocycles. The number of rotatable bonds is 10. The number of β-lactam (4-membered cyclic amide) rings is 1. The lowest BCUT2D eigenvalue weighted by Crippen LogP contribution is -2.70. The van der Waals surface area contributed by atoms with Crippen molar-refractivity contribution in [1.29, 1.82) is 0 Å². The Morgan fingerprint density at radius 1 is 1.28 bits per heavy atom. The number of hydrogen-bond donors (Lipinski definition) is 1. The Kier molecular flexibility index (Phi) is 9.61. The SMILES string of the molecule is C=CCOC(=O)N1C[C@@H](SC2=C(C(=O)O)N3C(=O)[C@@H]([C@](CC)(O[SiH](C)C)C(C)(C)C)[C@H]3S2)C[C@H]1C(=O)N(C)C. The highest BCUT2D eigenvalue weighted by molar-refractivity contribution is 8.23. The number of ether oxygens (including phenoxy) is 1. The standard InChI is InChI=1S/C26H41N3O7S2Si/c1-10-12-35-24(34)28-14-15(13-16(28)19(30)27(6)7)37-23-18(22(32)33)29-20(31)17(21(29)38-23)26(11-2,25(3,4)5)36-39(8)9/h10,15-17,21,39H,1,11-14H2,2-9H3,(H,32,33)/t15-,16-,17+,21+,26-/m0/s1. The minimum absolute atomic E-state index is 0.0224. The Morgan fingerprint density at radius 2 is 1.92 bits per heavy atom. The summed E-state index contributed by atoms with van der Waals surface area (Å²) in [5, 5.41) is 9.51. The molecule has 13 heteroatoms. The predicted molar refractivity (Wildman–Crippen MR) is 156 cm³/mol. The normalized spacial score (nSPS) is 26.3. The van der Waals surface area contributed by atoms with Crippen molar-refractivity contribution < 1.29 is 33.4 Å². The quantitative estimate of drug-likeness (QED) is 0.229. The van der Waals surface area contributed by atoms with E-state index in [0.717, 1.165) is 0 Å². The minimum atomic E-state index is -1.55. The van der Waals surface area contributed by atoms with Crippen molar-refractivity contribution in [3.05, 3.63) is 22.6 Å². The van der Waals surface area contributed by atoms with E-state index in [4.69, 9.17) is 9.16 Å². The fraction of sp³-hybridized carbons (Fsp3) is 0.692. The first kappa shape index (κ1) is 31.6.